The quantitative estimate of drug-likeness (QED) is 0.115. The molecule has 0 radical (unpaired) electrons. The van der Waals surface area contributed by atoms with Crippen molar-refractivity contribution >= 4 is 11.7 Å². The summed E-state index contributed by atoms with van der Waals surface area (Å²) in [7, 11) is 0. The standard InChI is InChI=1S/C31H52N2O4.C4H10.C2H6/c1-6-9-16-37-30-19-25(12-13-29(30)23(5)34)18-24(7-2)11-10-22(4)17-26(8-3)31(36)33-21-27-20-28(35)14-15-32-27;1-3-4-2;1-2/h12-13,19,22,24,26-28,32,35H,6-11,14-18,20-21H2,1-5H3,(H,33,36);3-4H2,1-2H3;1-2H3/t22-,24-,26-,27?,28?;;/m1../s1. The Labute approximate surface area is 265 Å². The Hall–Kier alpha value is -1.92. The van der Waals surface area contributed by atoms with Crippen LogP contribution < -0.4 is 15.4 Å². The number of ketones is 1. The van der Waals surface area contributed by atoms with Crippen molar-refractivity contribution in [3.05, 3.63) is 29.3 Å². The van der Waals surface area contributed by atoms with E-state index in [0.29, 0.717) is 37.0 Å². The Morgan fingerprint density at radius 1 is 1.05 bits per heavy atom. The number of benzene rings is 1. The van der Waals surface area contributed by atoms with Gasteiger partial charge in [-0.15, -0.1) is 0 Å². The van der Waals surface area contributed by atoms with E-state index < -0.39 is 0 Å². The highest BCUT2D eigenvalue weighted by atomic mass is 16.5. The number of aliphatic hydroxyl groups excluding tert-OH is 1. The Kier molecular flexibility index (Phi) is 24.3. The predicted molar refractivity (Wildman–Crippen MR) is 183 cm³/mol. The van der Waals surface area contributed by atoms with Crippen LogP contribution in [0.25, 0.3) is 0 Å². The van der Waals surface area contributed by atoms with Crippen LogP contribution in [0.5, 0.6) is 5.75 Å². The largest absolute Gasteiger partial charge is 0.493 e. The average Bonchev–Trinajstić information content (AvgIpc) is 3.01. The summed E-state index contributed by atoms with van der Waals surface area (Å²) < 4.78 is 5.96. The summed E-state index contributed by atoms with van der Waals surface area (Å²) in [4.78, 5) is 24.9. The molecule has 1 saturated heterocycles. The molecule has 0 spiro atoms. The van der Waals surface area contributed by atoms with Gasteiger partial charge in [0.25, 0.3) is 0 Å². The summed E-state index contributed by atoms with van der Waals surface area (Å²) in [6.45, 7) is 20.7. The van der Waals surface area contributed by atoms with Crippen LogP contribution in [0.1, 0.15) is 149 Å². The number of carbonyl (C=O) groups excluding carboxylic acids is 2. The zero-order chi connectivity index (χ0) is 32.6. The number of carbonyl (C=O) groups is 2. The molecule has 1 heterocycles. The SMILES string of the molecule is CC.CCCC.CCCCOc1cc(C[C@H](CC)CC[C@@H](C)C[C@@H](CC)C(=O)NCC2CC(O)CCN2)ccc1C(C)=O. The second kappa shape index (κ2) is 25.4. The van der Waals surface area contributed by atoms with Crippen LogP contribution in [-0.2, 0) is 11.2 Å². The molecule has 0 aromatic heterocycles. The first kappa shape index (κ1) is 41.1. The van der Waals surface area contributed by atoms with E-state index in [1.807, 2.05) is 19.9 Å². The number of piperidine rings is 1. The topological polar surface area (TPSA) is 87.7 Å². The number of unbranched alkanes of at least 4 members (excludes halogenated alkanes) is 2. The molecular formula is C37H68N2O4. The summed E-state index contributed by atoms with van der Waals surface area (Å²) in [6, 6.07) is 6.22. The van der Waals surface area contributed by atoms with Crippen LogP contribution in [0, 0.1) is 17.8 Å². The summed E-state index contributed by atoms with van der Waals surface area (Å²) >= 11 is 0. The van der Waals surface area contributed by atoms with Gasteiger partial charge in [-0.3, -0.25) is 9.59 Å². The van der Waals surface area contributed by atoms with Crippen LogP contribution in [0.3, 0.4) is 0 Å². The molecule has 43 heavy (non-hydrogen) atoms. The van der Waals surface area contributed by atoms with Gasteiger partial charge < -0.3 is 20.5 Å². The molecule has 6 heteroatoms. The van der Waals surface area contributed by atoms with Crippen molar-refractivity contribution < 1.29 is 19.4 Å². The summed E-state index contributed by atoms with van der Waals surface area (Å²) in [5, 5.41) is 16.4. The highest BCUT2D eigenvalue weighted by Crippen LogP contribution is 2.28. The third-order valence-corrected chi connectivity index (χ3v) is 8.39. The molecule has 2 rings (SSSR count). The molecule has 1 aliphatic rings. The number of nitrogens with one attached hydrogen (secondary N) is 2. The van der Waals surface area contributed by atoms with Gasteiger partial charge in [0.1, 0.15) is 5.75 Å². The molecule has 5 atom stereocenters. The van der Waals surface area contributed by atoms with Gasteiger partial charge in [0.2, 0.25) is 5.91 Å². The van der Waals surface area contributed by atoms with Crippen molar-refractivity contribution in [3.8, 4) is 5.75 Å². The van der Waals surface area contributed by atoms with Crippen LogP contribution in [-0.4, -0.2) is 48.6 Å². The van der Waals surface area contributed by atoms with Gasteiger partial charge in [-0.1, -0.05) is 93.6 Å². The second-order valence-corrected chi connectivity index (χ2v) is 12.2. The van der Waals surface area contributed by atoms with Crippen LogP contribution in [0.4, 0.5) is 0 Å². The Morgan fingerprint density at radius 2 is 1.74 bits per heavy atom. The average molecular weight is 605 g/mol. The fourth-order valence-corrected chi connectivity index (χ4v) is 5.30. The molecule has 1 aliphatic heterocycles. The maximum absolute atomic E-state index is 12.8. The van der Waals surface area contributed by atoms with E-state index in [-0.39, 0.29) is 29.8 Å². The van der Waals surface area contributed by atoms with E-state index in [1.165, 1.54) is 18.4 Å². The minimum absolute atomic E-state index is 0.0329. The van der Waals surface area contributed by atoms with Gasteiger partial charge in [0.15, 0.2) is 5.78 Å². The van der Waals surface area contributed by atoms with Crippen molar-refractivity contribution in [3.63, 3.8) is 0 Å². The molecule has 6 nitrogen and oxygen atoms in total. The highest BCUT2D eigenvalue weighted by molar-refractivity contribution is 5.96. The minimum atomic E-state index is -0.260. The van der Waals surface area contributed by atoms with Crippen LogP contribution in [0.15, 0.2) is 18.2 Å². The summed E-state index contributed by atoms with van der Waals surface area (Å²) in [5.41, 5.74) is 1.89. The van der Waals surface area contributed by atoms with Crippen molar-refractivity contribution in [2.24, 2.45) is 17.8 Å². The number of hydrogen-bond donors (Lipinski definition) is 3. The highest BCUT2D eigenvalue weighted by Gasteiger charge is 2.23. The van der Waals surface area contributed by atoms with Gasteiger partial charge in [-0.25, -0.2) is 0 Å². The molecule has 250 valence electrons. The number of rotatable bonds is 18. The lowest BCUT2D eigenvalue weighted by molar-refractivity contribution is -0.125. The minimum Gasteiger partial charge on any atom is -0.493 e. The second-order valence-electron chi connectivity index (χ2n) is 12.2. The molecule has 1 amide bonds. The number of aliphatic hydroxyl groups is 1. The molecule has 0 bridgehead atoms. The first-order valence-corrected chi connectivity index (χ1v) is 17.6. The fourth-order valence-electron chi connectivity index (χ4n) is 5.30. The van der Waals surface area contributed by atoms with E-state index in [9.17, 15) is 14.7 Å². The zero-order valence-electron chi connectivity index (χ0n) is 29.4. The Morgan fingerprint density at radius 3 is 2.30 bits per heavy atom. The molecule has 1 aromatic rings. The third kappa shape index (κ3) is 17.8. The third-order valence-electron chi connectivity index (χ3n) is 8.39. The molecule has 2 unspecified atom stereocenters. The molecular weight excluding hydrogens is 536 g/mol. The first-order valence-electron chi connectivity index (χ1n) is 17.6. The molecule has 1 aromatic carbocycles. The van der Waals surface area contributed by atoms with Crippen molar-refractivity contribution in [1.82, 2.24) is 10.6 Å². The van der Waals surface area contributed by atoms with Gasteiger partial charge >= 0.3 is 0 Å². The Balaban J connectivity index is 0.00000270. The van der Waals surface area contributed by atoms with Gasteiger partial charge in [-0.2, -0.15) is 0 Å². The van der Waals surface area contributed by atoms with E-state index >= 15 is 0 Å². The first-order chi connectivity index (χ1) is 20.7. The summed E-state index contributed by atoms with van der Waals surface area (Å²) in [5.74, 6) is 1.98. The van der Waals surface area contributed by atoms with E-state index in [0.717, 1.165) is 70.1 Å². The molecule has 0 saturated carbocycles. The van der Waals surface area contributed by atoms with E-state index in [4.69, 9.17) is 4.74 Å². The smallest absolute Gasteiger partial charge is 0.223 e. The lowest BCUT2D eigenvalue weighted by Gasteiger charge is -2.28. The molecule has 3 N–H and O–H groups in total. The lowest BCUT2D eigenvalue weighted by Crippen LogP contribution is -2.48. The van der Waals surface area contributed by atoms with Crippen LogP contribution in [0.2, 0.25) is 0 Å². The predicted octanol–water partition coefficient (Wildman–Crippen LogP) is 8.53. The zero-order valence-corrected chi connectivity index (χ0v) is 29.4. The van der Waals surface area contributed by atoms with E-state index in [1.54, 1.807) is 6.92 Å². The number of hydrogen-bond acceptors (Lipinski definition) is 5. The molecule has 0 aliphatic carbocycles. The van der Waals surface area contributed by atoms with Crippen LogP contribution >= 0.6 is 0 Å². The summed E-state index contributed by atoms with van der Waals surface area (Å²) in [6.07, 6.45) is 12.0. The number of Topliss-reactive ketones (excluding diaryl/α,β-unsaturated/α-hetero) is 1. The maximum atomic E-state index is 12.8. The van der Waals surface area contributed by atoms with Gasteiger partial charge in [0.05, 0.1) is 18.3 Å². The number of amides is 1. The maximum Gasteiger partial charge on any atom is 0.223 e. The van der Waals surface area contributed by atoms with Gasteiger partial charge in [0, 0.05) is 18.5 Å². The van der Waals surface area contributed by atoms with Crippen molar-refractivity contribution in [2.75, 3.05) is 19.7 Å². The molecule has 1 fully saturated rings. The monoisotopic (exact) mass is 605 g/mol. The van der Waals surface area contributed by atoms with Gasteiger partial charge in [-0.05, 0) is 87.9 Å². The van der Waals surface area contributed by atoms with Crippen molar-refractivity contribution in [2.45, 2.75) is 152 Å². The fraction of sp³-hybridized carbons (Fsp3) is 0.784. The lowest BCUT2D eigenvalue weighted by atomic mass is 9.85. The van der Waals surface area contributed by atoms with E-state index in [2.05, 4.69) is 64.3 Å². The Bertz CT molecular complexity index is 857. The normalized spacial score (nSPS) is 18.2. The number of ether oxygens (including phenoxy) is 1. The van der Waals surface area contributed by atoms with Crippen molar-refractivity contribution in [1.29, 1.82) is 0 Å².